The second-order valence-corrected chi connectivity index (χ2v) is 7.46. The maximum atomic E-state index is 6.30. The van der Waals surface area contributed by atoms with Crippen LogP contribution in [0.15, 0.2) is 0 Å². The van der Waals surface area contributed by atoms with Crippen LogP contribution in [0, 0.1) is 11.8 Å². The molecule has 0 aromatic carbocycles. The van der Waals surface area contributed by atoms with Gasteiger partial charge in [0.05, 0.1) is 5.60 Å². The predicted molar refractivity (Wildman–Crippen MR) is 83.9 cm³/mol. The Morgan fingerprint density at radius 2 is 1.80 bits per heavy atom. The average molecular weight is 279 g/mol. The molecule has 0 aromatic heterocycles. The van der Waals surface area contributed by atoms with Crippen LogP contribution in [0.1, 0.15) is 77.6 Å². The van der Waals surface area contributed by atoms with E-state index >= 15 is 0 Å². The molecule has 2 heteroatoms. The summed E-state index contributed by atoms with van der Waals surface area (Å²) >= 11 is 0. The highest BCUT2D eigenvalue weighted by Crippen LogP contribution is 2.45. The molecule has 1 saturated heterocycles. The average Bonchev–Trinajstić information content (AvgIpc) is 2.49. The molecule has 3 fully saturated rings. The smallest absolute Gasteiger partial charge is 0.0685 e. The zero-order valence-corrected chi connectivity index (χ0v) is 13.3. The highest BCUT2D eigenvalue weighted by atomic mass is 16.5. The van der Waals surface area contributed by atoms with Crippen molar-refractivity contribution >= 4 is 0 Å². The summed E-state index contributed by atoms with van der Waals surface area (Å²) in [6.07, 6.45) is 15.3. The van der Waals surface area contributed by atoms with Gasteiger partial charge in [-0.15, -0.1) is 0 Å². The topological polar surface area (TPSA) is 21.3 Å². The first-order valence-electron chi connectivity index (χ1n) is 9.20. The quantitative estimate of drug-likeness (QED) is 0.832. The summed E-state index contributed by atoms with van der Waals surface area (Å²) in [6, 6.07) is 0.789. The molecule has 1 heterocycles. The van der Waals surface area contributed by atoms with Gasteiger partial charge in [0.2, 0.25) is 0 Å². The minimum Gasteiger partial charge on any atom is -0.375 e. The van der Waals surface area contributed by atoms with Crippen LogP contribution in [0.5, 0.6) is 0 Å². The van der Waals surface area contributed by atoms with Gasteiger partial charge in [-0.2, -0.15) is 0 Å². The van der Waals surface area contributed by atoms with Crippen LogP contribution in [0.3, 0.4) is 0 Å². The lowest BCUT2D eigenvalue weighted by molar-refractivity contribution is -0.128. The van der Waals surface area contributed by atoms with Crippen molar-refractivity contribution in [3.05, 3.63) is 0 Å². The van der Waals surface area contributed by atoms with Crippen LogP contribution < -0.4 is 5.32 Å². The Kier molecular flexibility index (Phi) is 5.04. The molecule has 3 aliphatic rings. The molecular weight excluding hydrogens is 246 g/mol. The van der Waals surface area contributed by atoms with Crippen LogP contribution in [0.25, 0.3) is 0 Å². The molecule has 3 atom stereocenters. The van der Waals surface area contributed by atoms with E-state index in [4.69, 9.17) is 4.74 Å². The van der Waals surface area contributed by atoms with Crippen molar-refractivity contribution in [1.29, 1.82) is 0 Å². The van der Waals surface area contributed by atoms with E-state index in [2.05, 4.69) is 12.2 Å². The summed E-state index contributed by atoms with van der Waals surface area (Å²) < 4.78 is 6.30. The van der Waals surface area contributed by atoms with E-state index in [0.717, 1.165) is 31.0 Å². The first-order chi connectivity index (χ1) is 9.83. The molecule has 3 unspecified atom stereocenters. The van der Waals surface area contributed by atoms with Crippen molar-refractivity contribution in [3.8, 4) is 0 Å². The third kappa shape index (κ3) is 3.22. The molecule has 1 aliphatic heterocycles. The van der Waals surface area contributed by atoms with Gasteiger partial charge in [0.15, 0.2) is 0 Å². The van der Waals surface area contributed by atoms with Crippen molar-refractivity contribution in [2.45, 2.75) is 89.2 Å². The molecule has 1 N–H and O–H groups in total. The van der Waals surface area contributed by atoms with Gasteiger partial charge in [-0.25, -0.2) is 0 Å². The van der Waals surface area contributed by atoms with E-state index in [9.17, 15) is 0 Å². The number of nitrogens with one attached hydrogen (secondary N) is 1. The van der Waals surface area contributed by atoms with Crippen molar-refractivity contribution in [2.24, 2.45) is 11.8 Å². The summed E-state index contributed by atoms with van der Waals surface area (Å²) in [5.41, 5.74) is 0.287. The molecule has 1 spiro atoms. The number of hydrogen-bond donors (Lipinski definition) is 1. The summed E-state index contributed by atoms with van der Waals surface area (Å²) in [4.78, 5) is 0. The van der Waals surface area contributed by atoms with E-state index < -0.39 is 0 Å². The third-order valence-electron chi connectivity index (χ3n) is 6.19. The normalized spacial score (nSPS) is 38.0. The molecule has 2 saturated carbocycles. The van der Waals surface area contributed by atoms with Gasteiger partial charge in [0.25, 0.3) is 0 Å². The van der Waals surface area contributed by atoms with E-state index in [-0.39, 0.29) is 5.60 Å². The van der Waals surface area contributed by atoms with Crippen LogP contribution in [-0.2, 0) is 4.74 Å². The fourth-order valence-electron chi connectivity index (χ4n) is 5.22. The maximum absolute atomic E-state index is 6.30. The number of hydrogen-bond acceptors (Lipinski definition) is 2. The molecule has 116 valence electrons. The Morgan fingerprint density at radius 1 is 1.00 bits per heavy atom. The Balaban J connectivity index is 1.65. The van der Waals surface area contributed by atoms with Gasteiger partial charge in [0.1, 0.15) is 0 Å². The SMILES string of the molecule is CCNC1CCCCC1C1CCOC2(CCCCC2)C1. The van der Waals surface area contributed by atoms with E-state index in [1.807, 2.05) is 0 Å². The lowest BCUT2D eigenvalue weighted by Gasteiger charge is -2.48. The Morgan fingerprint density at radius 3 is 2.60 bits per heavy atom. The van der Waals surface area contributed by atoms with Crippen molar-refractivity contribution in [1.82, 2.24) is 5.32 Å². The first kappa shape index (κ1) is 14.8. The number of ether oxygens (including phenoxy) is 1. The van der Waals surface area contributed by atoms with Gasteiger partial charge in [-0.3, -0.25) is 0 Å². The molecule has 2 aliphatic carbocycles. The van der Waals surface area contributed by atoms with Crippen LogP contribution in [0.4, 0.5) is 0 Å². The Bertz CT molecular complexity index is 290. The highest BCUT2D eigenvalue weighted by Gasteiger charge is 2.42. The molecular formula is C18H33NO. The fraction of sp³-hybridized carbons (Fsp3) is 1.00. The van der Waals surface area contributed by atoms with E-state index in [1.165, 1.54) is 70.6 Å². The van der Waals surface area contributed by atoms with Crippen LogP contribution >= 0.6 is 0 Å². The Hall–Kier alpha value is -0.0800. The van der Waals surface area contributed by atoms with Crippen molar-refractivity contribution < 1.29 is 4.74 Å². The molecule has 20 heavy (non-hydrogen) atoms. The van der Waals surface area contributed by atoms with E-state index in [0.29, 0.717) is 0 Å². The predicted octanol–water partition coefficient (Wildman–Crippen LogP) is 4.28. The molecule has 3 rings (SSSR count). The Labute approximate surface area is 125 Å². The largest absolute Gasteiger partial charge is 0.375 e. The third-order valence-corrected chi connectivity index (χ3v) is 6.19. The van der Waals surface area contributed by atoms with Gasteiger partial charge in [0, 0.05) is 12.6 Å². The molecule has 0 amide bonds. The van der Waals surface area contributed by atoms with Gasteiger partial charge in [-0.05, 0) is 56.9 Å². The fourth-order valence-corrected chi connectivity index (χ4v) is 5.22. The zero-order chi connectivity index (χ0) is 13.8. The second-order valence-electron chi connectivity index (χ2n) is 7.46. The summed E-state index contributed by atoms with van der Waals surface area (Å²) in [7, 11) is 0. The molecule has 0 radical (unpaired) electrons. The number of rotatable bonds is 3. The minimum absolute atomic E-state index is 0.287. The lowest BCUT2D eigenvalue weighted by atomic mass is 9.67. The van der Waals surface area contributed by atoms with Gasteiger partial charge in [-0.1, -0.05) is 39.0 Å². The second kappa shape index (κ2) is 6.79. The van der Waals surface area contributed by atoms with Gasteiger partial charge >= 0.3 is 0 Å². The lowest BCUT2D eigenvalue weighted by Crippen LogP contribution is -2.48. The molecule has 2 nitrogen and oxygen atoms in total. The molecule has 0 bridgehead atoms. The first-order valence-corrected chi connectivity index (χ1v) is 9.20. The van der Waals surface area contributed by atoms with Crippen molar-refractivity contribution in [2.75, 3.05) is 13.2 Å². The van der Waals surface area contributed by atoms with Crippen molar-refractivity contribution in [3.63, 3.8) is 0 Å². The van der Waals surface area contributed by atoms with E-state index in [1.54, 1.807) is 0 Å². The maximum Gasteiger partial charge on any atom is 0.0685 e. The standard InChI is InChI=1S/C18H33NO/c1-2-19-17-9-5-4-8-16(17)15-10-13-20-18(14-15)11-6-3-7-12-18/h15-17,19H,2-14H2,1H3. The van der Waals surface area contributed by atoms with Gasteiger partial charge < -0.3 is 10.1 Å². The minimum atomic E-state index is 0.287. The summed E-state index contributed by atoms with van der Waals surface area (Å²) in [5.74, 6) is 1.85. The van der Waals surface area contributed by atoms with Crippen LogP contribution in [0.2, 0.25) is 0 Å². The summed E-state index contributed by atoms with van der Waals surface area (Å²) in [6.45, 7) is 4.42. The molecule has 0 aromatic rings. The summed E-state index contributed by atoms with van der Waals surface area (Å²) in [5, 5.41) is 3.78. The zero-order valence-electron chi connectivity index (χ0n) is 13.3. The van der Waals surface area contributed by atoms with Crippen LogP contribution in [-0.4, -0.2) is 24.8 Å². The highest BCUT2D eigenvalue weighted by molar-refractivity contribution is 4.94. The monoisotopic (exact) mass is 279 g/mol.